The van der Waals surface area contributed by atoms with Crippen molar-refractivity contribution in [2.45, 2.75) is 17.9 Å². The lowest BCUT2D eigenvalue weighted by molar-refractivity contribution is -0.174. The molecule has 0 N–H and O–H groups in total. The summed E-state index contributed by atoms with van der Waals surface area (Å²) in [6.45, 7) is 0. The van der Waals surface area contributed by atoms with Crippen LogP contribution in [0.1, 0.15) is 23.5 Å². The minimum absolute atomic E-state index is 0.147. The van der Waals surface area contributed by atoms with Crippen molar-refractivity contribution in [1.29, 1.82) is 0 Å². The third-order valence-electron chi connectivity index (χ3n) is 4.03. The molecule has 0 amide bonds. The number of methoxy groups -OCH3 is 1. The van der Waals surface area contributed by atoms with Crippen molar-refractivity contribution < 1.29 is 19.1 Å². The Kier molecular flexibility index (Phi) is 3.67. The molecule has 0 bridgehead atoms. The molecule has 2 aromatic carbocycles. The first-order valence-electron chi connectivity index (χ1n) is 7.09. The van der Waals surface area contributed by atoms with E-state index in [9.17, 15) is 9.59 Å². The molecular formula is C18H16O4. The zero-order chi connectivity index (χ0) is 15.6. The quantitative estimate of drug-likeness (QED) is 0.817. The van der Waals surface area contributed by atoms with E-state index in [1.807, 2.05) is 48.5 Å². The van der Waals surface area contributed by atoms with Crippen LogP contribution < -0.4 is 0 Å². The smallest absolute Gasteiger partial charge is 0.355 e. The second kappa shape index (κ2) is 5.64. The summed E-state index contributed by atoms with van der Waals surface area (Å²) < 4.78 is 10.5. The fourth-order valence-electron chi connectivity index (χ4n) is 3.04. The van der Waals surface area contributed by atoms with Crippen LogP contribution in [-0.4, -0.2) is 19.0 Å². The van der Waals surface area contributed by atoms with Gasteiger partial charge in [0.2, 0.25) is 5.60 Å². The molecule has 2 atom stereocenters. The fraction of sp³-hybridized carbons (Fsp3) is 0.222. The second-order valence-electron chi connectivity index (χ2n) is 5.23. The number of carbonyl (C=O) groups excluding carboxylic acids is 2. The maximum Gasteiger partial charge on any atom is 0.355 e. The largest absolute Gasteiger partial charge is 0.466 e. The van der Waals surface area contributed by atoms with Crippen molar-refractivity contribution in [2.75, 3.05) is 7.11 Å². The van der Waals surface area contributed by atoms with Gasteiger partial charge in [-0.05, 0) is 5.56 Å². The standard InChI is InChI=1S/C18H16O4/c1-21-17(20)18(14-10-6-3-7-11-14)15(12-16(19)22-18)13-8-4-2-5-9-13/h2-11,15H,12H2,1H3/t15-,18+/m1/s1. The molecule has 0 saturated carbocycles. The molecule has 4 nitrogen and oxygen atoms in total. The molecule has 0 unspecified atom stereocenters. The molecule has 4 heteroatoms. The van der Waals surface area contributed by atoms with Crippen LogP contribution in [0.2, 0.25) is 0 Å². The third kappa shape index (κ3) is 2.17. The van der Waals surface area contributed by atoms with Gasteiger partial charge in [-0.25, -0.2) is 4.79 Å². The van der Waals surface area contributed by atoms with Gasteiger partial charge in [-0.1, -0.05) is 60.7 Å². The molecule has 0 aromatic heterocycles. The Morgan fingerprint density at radius 1 is 1.09 bits per heavy atom. The first-order chi connectivity index (χ1) is 10.7. The third-order valence-corrected chi connectivity index (χ3v) is 4.03. The van der Waals surface area contributed by atoms with Gasteiger partial charge in [0.15, 0.2) is 0 Å². The van der Waals surface area contributed by atoms with Crippen molar-refractivity contribution in [3.63, 3.8) is 0 Å². The van der Waals surface area contributed by atoms with Crippen LogP contribution >= 0.6 is 0 Å². The number of carbonyl (C=O) groups is 2. The summed E-state index contributed by atoms with van der Waals surface area (Å²) in [5.41, 5.74) is 0.0817. The normalized spacial score (nSPS) is 23.9. The molecule has 3 rings (SSSR count). The molecule has 0 aliphatic carbocycles. The SMILES string of the molecule is COC(=O)[C@@]1(c2ccccc2)OC(=O)C[C@@H]1c1ccccc1. The van der Waals surface area contributed by atoms with Gasteiger partial charge in [0.1, 0.15) is 0 Å². The van der Waals surface area contributed by atoms with E-state index in [1.54, 1.807) is 12.1 Å². The molecule has 0 spiro atoms. The van der Waals surface area contributed by atoms with Crippen molar-refractivity contribution >= 4 is 11.9 Å². The van der Waals surface area contributed by atoms with Crippen LogP contribution in [0.3, 0.4) is 0 Å². The van der Waals surface area contributed by atoms with Gasteiger partial charge in [0.25, 0.3) is 0 Å². The summed E-state index contributed by atoms with van der Waals surface area (Å²) in [4.78, 5) is 24.6. The Labute approximate surface area is 128 Å². The number of hydrogen-bond donors (Lipinski definition) is 0. The predicted octanol–water partition coefficient (Wildman–Crippen LogP) is 2.79. The van der Waals surface area contributed by atoms with E-state index in [0.29, 0.717) is 5.56 Å². The molecule has 0 radical (unpaired) electrons. The maximum absolute atomic E-state index is 12.6. The summed E-state index contributed by atoms with van der Waals surface area (Å²) >= 11 is 0. The van der Waals surface area contributed by atoms with Crippen LogP contribution in [0.4, 0.5) is 0 Å². The zero-order valence-electron chi connectivity index (χ0n) is 12.2. The highest BCUT2D eigenvalue weighted by molar-refractivity contribution is 5.90. The van der Waals surface area contributed by atoms with Gasteiger partial charge in [-0.2, -0.15) is 0 Å². The highest BCUT2D eigenvalue weighted by atomic mass is 16.6. The molecule has 1 aliphatic heterocycles. The molecule has 1 heterocycles. The first-order valence-corrected chi connectivity index (χ1v) is 7.09. The minimum atomic E-state index is -1.42. The summed E-state index contributed by atoms with van der Waals surface area (Å²) in [5, 5.41) is 0. The molecular weight excluding hydrogens is 280 g/mol. The summed E-state index contributed by atoms with van der Waals surface area (Å²) in [6.07, 6.45) is 0.147. The zero-order valence-corrected chi connectivity index (χ0v) is 12.2. The Balaban J connectivity index is 2.19. The Morgan fingerprint density at radius 2 is 1.68 bits per heavy atom. The summed E-state index contributed by atoms with van der Waals surface area (Å²) in [6, 6.07) is 18.5. The topological polar surface area (TPSA) is 52.6 Å². The lowest BCUT2D eigenvalue weighted by Crippen LogP contribution is -2.41. The van der Waals surface area contributed by atoms with Crippen molar-refractivity contribution in [1.82, 2.24) is 0 Å². The fourth-order valence-corrected chi connectivity index (χ4v) is 3.04. The number of cyclic esters (lactones) is 1. The van der Waals surface area contributed by atoms with E-state index >= 15 is 0 Å². The molecule has 1 aliphatic rings. The van der Waals surface area contributed by atoms with E-state index in [2.05, 4.69) is 0 Å². The monoisotopic (exact) mass is 296 g/mol. The second-order valence-corrected chi connectivity index (χ2v) is 5.23. The molecule has 22 heavy (non-hydrogen) atoms. The van der Waals surface area contributed by atoms with Crippen LogP contribution in [-0.2, 0) is 24.7 Å². The average Bonchev–Trinajstić information content (AvgIpc) is 2.94. The van der Waals surface area contributed by atoms with E-state index in [1.165, 1.54) is 7.11 Å². The van der Waals surface area contributed by atoms with Gasteiger partial charge in [-0.15, -0.1) is 0 Å². The van der Waals surface area contributed by atoms with E-state index in [4.69, 9.17) is 9.47 Å². The molecule has 1 saturated heterocycles. The van der Waals surface area contributed by atoms with Gasteiger partial charge in [0.05, 0.1) is 13.5 Å². The lowest BCUT2D eigenvalue weighted by atomic mass is 9.77. The highest BCUT2D eigenvalue weighted by Crippen LogP contribution is 2.48. The maximum atomic E-state index is 12.6. The molecule has 2 aromatic rings. The van der Waals surface area contributed by atoms with Crippen LogP contribution in [0.15, 0.2) is 60.7 Å². The highest BCUT2D eigenvalue weighted by Gasteiger charge is 2.57. The Morgan fingerprint density at radius 3 is 2.27 bits per heavy atom. The number of hydrogen-bond acceptors (Lipinski definition) is 4. The Bertz CT molecular complexity index is 681. The van der Waals surface area contributed by atoms with Crippen molar-refractivity contribution in [3.8, 4) is 0 Å². The number of benzene rings is 2. The first kappa shape index (κ1) is 14.3. The number of esters is 2. The Hall–Kier alpha value is -2.62. The molecule has 112 valence electrons. The molecule has 1 fully saturated rings. The summed E-state index contributed by atoms with van der Waals surface area (Å²) in [5.74, 6) is -1.36. The average molecular weight is 296 g/mol. The van der Waals surface area contributed by atoms with Gasteiger partial charge in [0, 0.05) is 11.5 Å². The van der Waals surface area contributed by atoms with Gasteiger partial charge < -0.3 is 9.47 Å². The van der Waals surface area contributed by atoms with Gasteiger partial charge in [-0.3, -0.25) is 4.79 Å². The van der Waals surface area contributed by atoms with Crippen LogP contribution in [0.25, 0.3) is 0 Å². The number of rotatable bonds is 3. The van der Waals surface area contributed by atoms with Crippen molar-refractivity contribution in [2.24, 2.45) is 0 Å². The summed E-state index contributed by atoms with van der Waals surface area (Å²) in [7, 11) is 1.31. The van der Waals surface area contributed by atoms with Crippen LogP contribution in [0, 0.1) is 0 Å². The van der Waals surface area contributed by atoms with Crippen LogP contribution in [0.5, 0.6) is 0 Å². The van der Waals surface area contributed by atoms with Gasteiger partial charge >= 0.3 is 11.9 Å². The number of ether oxygens (including phenoxy) is 2. The van der Waals surface area contributed by atoms with E-state index < -0.39 is 23.5 Å². The predicted molar refractivity (Wildman–Crippen MR) is 80.0 cm³/mol. The van der Waals surface area contributed by atoms with Crippen molar-refractivity contribution in [3.05, 3.63) is 71.8 Å². The van der Waals surface area contributed by atoms with E-state index in [-0.39, 0.29) is 6.42 Å². The van der Waals surface area contributed by atoms with E-state index in [0.717, 1.165) is 5.56 Å². The minimum Gasteiger partial charge on any atom is -0.466 e. The lowest BCUT2D eigenvalue weighted by Gasteiger charge is -2.31.